The van der Waals surface area contributed by atoms with E-state index in [-0.39, 0.29) is 0 Å². The Balaban J connectivity index is 2.90. The number of benzene rings is 1. The van der Waals surface area contributed by atoms with E-state index in [9.17, 15) is 8.42 Å². The molecule has 0 amide bonds. The highest BCUT2D eigenvalue weighted by molar-refractivity contribution is 7.89. The molecule has 0 radical (unpaired) electrons. The lowest BCUT2D eigenvalue weighted by atomic mass is 10.1. The highest BCUT2D eigenvalue weighted by Gasteiger charge is 2.24. The van der Waals surface area contributed by atoms with Crippen molar-refractivity contribution in [2.24, 2.45) is 0 Å². The van der Waals surface area contributed by atoms with Crippen LogP contribution < -0.4 is 4.90 Å². The van der Waals surface area contributed by atoms with Crippen LogP contribution in [-0.2, 0) is 16.4 Å². The second-order valence-electron chi connectivity index (χ2n) is 6.12. The van der Waals surface area contributed by atoms with E-state index in [1.54, 1.807) is 3.97 Å². The Morgan fingerprint density at radius 2 is 1.78 bits per heavy atom. The molecule has 0 unspecified atom stereocenters. The van der Waals surface area contributed by atoms with Gasteiger partial charge in [-0.1, -0.05) is 25.0 Å². The number of unbranched alkanes of at least 4 members (excludes halogenated alkanes) is 1. The summed E-state index contributed by atoms with van der Waals surface area (Å²) in [6.45, 7) is 10.2. The molecule has 0 saturated heterocycles. The smallest absolute Gasteiger partial charge is 0.236 e. The van der Waals surface area contributed by atoms with Crippen molar-refractivity contribution in [2.75, 3.05) is 24.2 Å². The first-order chi connectivity index (χ1) is 10.8. The molecule has 0 fully saturated rings. The van der Waals surface area contributed by atoms with E-state index in [4.69, 9.17) is 0 Å². The van der Waals surface area contributed by atoms with Crippen LogP contribution in [0.25, 0.3) is 10.9 Å². The summed E-state index contributed by atoms with van der Waals surface area (Å²) in [6.07, 6.45) is 4.11. The van der Waals surface area contributed by atoms with Crippen LogP contribution in [0.1, 0.15) is 44.9 Å². The molecule has 0 N–H and O–H groups in total. The summed E-state index contributed by atoms with van der Waals surface area (Å²) in [4.78, 5) is 2.27. The minimum atomic E-state index is -3.34. The van der Waals surface area contributed by atoms with Crippen molar-refractivity contribution in [1.82, 2.24) is 3.97 Å². The second-order valence-corrected chi connectivity index (χ2v) is 7.95. The first-order valence-corrected chi connectivity index (χ1v) is 10.3. The maximum absolute atomic E-state index is 12.5. The summed E-state index contributed by atoms with van der Waals surface area (Å²) in [6, 6.07) is 6.04. The molecule has 1 aromatic heterocycles. The SMILES string of the molecule is CCCCc1c(N(CC)CC)c2cc(C)ccc2n1S(C)(=O)=O. The van der Waals surface area contributed by atoms with E-state index in [2.05, 4.69) is 38.7 Å². The molecule has 5 heteroatoms. The number of anilines is 1. The maximum atomic E-state index is 12.5. The first kappa shape index (κ1) is 17.9. The molecule has 0 atom stereocenters. The molecule has 1 aromatic carbocycles. The molecule has 2 aromatic rings. The van der Waals surface area contributed by atoms with Crippen molar-refractivity contribution in [3.05, 3.63) is 29.5 Å². The van der Waals surface area contributed by atoms with E-state index in [0.29, 0.717) is 0 Å². The Hall–Kier alpha value is -1.49. The third-order valence-electron chi connectivity index (χ3n) is 4.32. The third-order valence-corrected chi connectivity index (χ3v) is 5.40. The van der Waals surface area contributed by atoms with Crippen molar-refractivity contribution < 1.29 is 8.42 Å². The van der Waals surface area contributed by atoms with Crippen molar-refractivity contribution in [3.63, 3.8) is 0 Å². The number of rotatable bonds is 7. The summed E-state index contributed by atoms with van der Waals surface area (Å²) in [5, 5.41) is 1.05. The second kappa shape index (κ2) is 6.95. The number of hydrogen-bond acceptors (Lipinski definition) is 3. The van der Waals surface area contributed by atoms with E-state index < -0.39 is 10.0 Å². The number of nitrogens with zero attached hydrogens (tertiary/aromatic N) is 2. The quantitative estimate of drug-likeness (QED) is 0.769. The molecule has 4 nitrogen and oxygen atoms in total. The molecule has 1 heterocycles. The standard InChI is InChI=1S/C18H28N2O2S/c1-6-9-10-17-18(19(7-2)8-3)15-13-14(4)11-12-16(15)20(17)23(5,21)22/h11-13H,6-10H2,1-5H3. The maximum Gasteiger partial charge on any atom is 0.236 e. The molecule has 0 aliphatic carbocycles. The monoisotopic (exact) mass is 336 g/mol. The number of aryl methyl sites for hydroxylation is 1. The minimum Gasteiger partial charge on any atom is -0.370 e. The summed E-state index contributed by atoms with van der Waals surface area (Å²) < 4.78 is 26.5. The van der Waals surface area contributed by atoms with Gasteiger partial charge in [0.25, 0.3) is 0 Å². The summed E-state index contributed by atoms with van der Waals surface area (Å²) in [7, 11) is -3.34. The van der Waals surface area contributed by atoms with Gasteiger partial charge in [0, 0.05) is 18.5 Å². The van der Waals surface area contributed by atoms with E-state index in [1.807, 2.05) is 12.1 Å². The Morgan fingerprint density at radius 3 is 2.30 bits per heavy atom. The lowest BCUT2D eigenvalue weighted by Crippen LogP contribution is -2.24. The van der Waals surface area contributed by atoms with Crippen molar-refractivity contribution in [1.29, 1.82) is 0 Å². The van der Waals surface area contributed by atoms with Gasteiger partial charge < -0.3 is 4.90 Å². The predicted molar refractivity (Wildman–Crippen MR) is 99.1 cm³/mol. The average molecular weight is 337 g/mol. The lowest BCUT2D eigenvalue weighted by molar-refractivity contribution is 0.592. The van der Waals surface area contributed by atoms with Crippen LogP contribution in [0.2, 0.25) is 0 Å². The summed E-state index contributed by atoms with van der Waals surface area (Å²) in [5.74, 6) is 0. The Bertz CT molecular complexity index is 787. The molecule has 2 rings (SSSR count). The van der Waals surface area contributed by atoms with Gasteiger partial charge in [-0.25, -0.2) is 12.4 Å². The van der Waals surface area contributed by atoms with E-state index in [1.165, 1.54) is 6.26 Å². The minimum absolute atomic E-state index is 0.781. The normalized spacial score (nSPS) is 12.0. The van der Waals surface area contributed by atoms with Crippen LogP contribution in [0.4, 0.5) is 5.69 Å². The van der Waals surface area contributed by atoms with Crippen LogP contribution in [0.5, 0.6) is 0 Å². The zero-order valence-corrected chi connectivity index (χ0v) is 15.7. The summed E-state index contributed by atoms with van der Waals surface area (Å²) in [5.41, 5.74) is 3.97. The predicted octanol–water partition coefficient (Wildman–Crippen LogP) is 3.95. The Morgan fingerprint density at radius 1 is 1.13 bits per heavy atom. The molecule has 0 spiro atoms. The van der Waals surface area contributed by atoms with Gasteiger partial charge in [-0.2, -0.15) is 0 Å². The fraction of sp³-hybridized carbons (Fsp3) is 0.556. The molecule has 128 valence electrons. The van der Waals surface area contributed by atoms with Crippen LogP contribution in [0.15, 0.2) is 18.2 Å². The van der Waals surface area contributed by atoms with Crippen LogP contribution in [-0.4, -0.2) is 31.7 Å². The Kier molecular flexibility index (Phi) is 5.40. The zero-order chi connectivity index (χ0) is 17.2. The van der Waals surface area contributed by atoms with Gasteiger partial charge in [0.15, 0.2) is 0 Å². The summed E-state index contributed by atoms with van der Waals surface area (Å²) >= 11 is 0. The number of aromatic nitrogens is 1. The van der Waals surface area contributed by atoms with Crippen molar-refractivity contribution in [3.8, 4) is 0 Å². The molecule has 0 bridgehead atoms. The van der Waals surface area contributed by atoms with Crippen LogP contribution in [0, 0.1) is 6.92 Å². The van der Waals surface area contributed by atoms with Crippen molar-refractivity contribution >= 4 is 26.6 Å². The van der Waals surface area contributed by atoms with Gasteiger partial charge in [-0.15, -0.1) is 0 Å². The molecular weight excluding hydrogens is 308 g/mol. The first-order valence-electron chi connectivity index (χ1n) is 8.44. The lowest BCUT2D eigenvalue weighted by Gasteiger charge is -2.23. The van der Waals surface area contributed by atoms with E-state index >= 15 is 0 Å². The zero-order valence-electron chi connectivity index (χ0n) is 14.9. The highest BCUT2D eigenvalue weighted by atomic mass is 32.2. The van der Waals surface area contributed by atoms with Gasteiger partial charge in [-0.3, -0.25) is 0 Å². The fourth-order valence-electron chi connectivity index (χ4n) is 3.25. The average Bonchev–Trinajstić information content (AvgIpc) is 2.80. The Labute approximate surface area is 140 Å². The van der Waals surface area contributed by atoms with Gasteiger partial charge in [-0.05, 0) is 45.7 Å². The number of fused-ring (bicyclic) bond motifs is 1. The largest absolute Gasteiger partial charge is 0.370 e. The highest BCUT2D eigenvalue weighted by Crippen LogP contribution is 2.36. The van der Waals surface area contributed by atoms with Gasteiger partial charge >= 0.3 is 0 Å². The topological polar surface area (TPSA) is 42.3 Å². The van der Waals surface area contributed by atoms with Crippen molar-refractivity contribution in [2.45, 2.75) is 47.0 Å². The molecule has 0 aliphatic heterocycles. The van der Waals surface area contributed by atoms with Crippen LogP contribution in [0.3, 0.4) is 0 Å². The molecule has 0 saturated carbocycles. The van der Waals surface area contributed by atoms with Gasteiger partial charge in [0.05, 0.1) is 23.2 Å². The molecule has 23 heavy (non-hydrogen) atoms. The van der Waals surface area contributed by atoms with Crippen LogP contribution >= 0.6 is 0 Å². The van der Waals surface area contributed by atoms with Gasteiger partial charge in [0.1, 0.15) is 0 Å². The molecule has 0 aliphatic rings. The van der Waals surface area contributed by atoms with Gasteiger partial charge in [0.2, 0.25) is 10.0 Å². The fourth-order valence-corrected chi connectivity index (χ4v) is 4.34. The third kappa shape index (κ3) is 3.39. The number of hydrogen-bond donors (Lipinski definition) is 0. The molecular formula is C18H28N2O2S. The van der Waals surface area contributed by atoms with E-state index in [0.717, 1.165) is 60.2 Å².